The summed E-state index contributed by atoms with van der Waals surface area (Å²) in [6, 6.07) is 18.2. The second kappa shape index (κ2) is 14.0. The maximum atomic E-state index is 13.2. The molecule has 0 radical (unpaired) electrons. The number of pyridine rings is 1. The summed E-state index contributed by atoms with van der Waals surface area (Å²) in [5.41, 5.74) is 12.2. The van der Waals surface area contributed by atoms with Gasteiger partial charge in [-0.25, -0.2) is 4.79 Å². The van der Waals surface area contributed by atoms with Crippen LogP contribution in [0.4, 0.5) is 5.69 Å². The number of benzene rings is 2. The van der Waals surface area contributed by atoms with Gasteiger partial charge in [0.25, 0.3) is 5.91 Å². The maximum absolute atomic E-state index is 13.2. The van der Waals surface area contributed by atoms with E-state index in [0.717, 1.165) is 18.6 Å². The third-order valence-electron chi connectivity index (χ3n) is 12.5. The molecule has 1 amide bonds. The number of nitrogens with zero attached hydrogens (tertiary/aromatic N) is 1. The summed E-state index contributed by atoms with van der Waals surface area (Å²) in [6.45, 7) is 22.9. The van der Waals surface area contributed by atoms with Crippen molar-refractivity contribution in [1.29, 1.82) is 0 Å². The number of esters is 1. The number of ether oxygens (including phenoxy) is 1. The number of aromatic nitrogens is 1. The fraction of sp³-hybridized carbons (Fsp3) is 0.438. The minimum Gasteiger partial charge on any atom is -0.456 e. The van der Waals surface area contributed by atoms with Crippen LogP contribution < -0.4 is 5.32 Å². The van der Waals surface area contributed by atoms with E-state index < -0.39 is 5.97 Å². The Kier molecular flexibility index (Phi) is 9.76. The van der Waals surface area contributed by atoms with Crippen molar-refractivity contribution in [3.63, 3.8) is 0 Å². The average Bonchev–Trinajstić information content (AvgIpc) is 3.80. The fourth-order valence-corrected chi connectivity index (χ4v) is 8.52. The molecular weight excluding hydrogens is 685 g/mol. The van der Waals surface area contributed by atoms with Crippen molar-refractivity contribution in [2.75, 3.05) is 5.32 Å². The summed E-state index contributed by atoms with van der Waals surface area (Å²) < 4.78 is 17.6. The quantitative estimate of drug-likeness (QED) is 0.151. The number of anilines is 1. The number of rotatable bonds is 9. The molecule has 2 aliphatic rings. The Bertz CT molecular complexity index is 2280. The molecule has 0 bridgehead atoms. The van der Waals surface area contributed by atoms with Gasteiger partial charge in [0.05, 0.1) is 11.9 Å². The highest BCUT2D eigenvalue weighted by molar-refractivity contribution is 6.02. The van der Waals surface area contributed by atoms with Crippen LogP contribution in [0.2, 0.25) is 0 Å². The zero-order valence-corrected chi connectivity index (χ0v) is 34.3. The minimum absolute atomic E-state index is 0.0284. The van der Waals surface area contributed by atoms with Gasteiger partial charge < -0.3 is 18.9 Å². The topological polar surface area (TPSA) is 94.6 Å². The van der Waals surface area contributed by atoms with Gasteiger partial charge in [-0.1, -0.05) is 79.7 Å². The van der Waals surface area contributed by atoms with Crippen LogP contribution >= 0.6 is 0 Å². The van der Waals surface area contributed by atoms with E-state index in [1.165, 1.54) is 57.3 Å². The zero-order chi connectivity index (χ0) is 39.5. The van der Waals surface area contributed by atoms with Gasteiger partial charge in [0.2, 0.25) is 5.76 Å². The molecule has 2 aromatic carbocycles. The third-order valence-corrected chi connectivity index (χ3v) is 12.5. The second-order valence-electron chi connectivity index (χ2n) is 18.7. The number of hydrogen-bond donors (Lipinski definition) is 1. The van der Waals surface area contributed by atoms with Gasteiger partial charge in [0, 0.05) is 24.6 Å². The maximum Gasteiger partial charge on any atom is 0.374 e. The first-order valence-corrected chi connectivity index (χ1v) is 19.7. The normalized spacial score (nSPS) is 17.6. The lowest BCUT2D eigenvalue weighted by atomic mass is 9.62. The number of furan rings is 2. The molecule has 0 spiro atoms. The second-order valence-corrected chi connectivity index (χ2v) is 18.7. The van der Waals surface area contributed by atoms with Crippen molar-refractivity contribution in [3.8, 4) is 0 Å². The minimum atomic E-state index is -0.560. The number of nitrogens with one attached hydrogen (secondary N) is 1. The predicted molar refractivity (Wildman–Crippen MR) is 217 cm³/mol. The molecule has 7 heteroatoms. The van der Waals surface area contributed by atoms with Crippen molar-refractivity contribution in [2.45, 2.75) is 136 Å². The van der Waals surface area contributed by atoms with Crippen LogP contribution in [0.5, 0.6) is 0 Å². The van der Waals surface area contributed by atoms with Crippen LogP contribution in [-0.4, -0.2) is 16.9 Å². The third kappa shape index (κ3) is 7.81. The Hall–Kier alpha value is -4.91. The monoisotopic (exact) mass is 740 g/mol. The largest absolute Gasteiger partial charge is 0.456 e. The first kappa shape index (κ1) is 38.4. The number of aryl methyl sites for hydroxylation is 2. The summed E-state index contributed by atoms with van der Waals surface area (Å²) in [7, 11) is 0. The number of amides is 1. The molecule has 0 unspecified atom stereocenters. The van der Waals surface area contributed by atoms with Crippen LogP contribution in [0.15, 0.2) is 75.8 Å². The lowest BCUT2D eigenvalue weighted by molar-refractivity contribution is 0.0434. The van der Waals surface area contributed by atoms with Crippen molar-refractivity contribution in [3.05, 3.63) is 140 Å². The molecule has 0 saturated heterocycles. The molecule has 3 aromatic heterocycles. The van der Waals surface area contributed by atoms with Crippen molar-refractivity contribution in [1.82, 2.24) is 4.98 Å². The molecule has 7 rings (SSSR count). The Morgan fingerprint density at radius 1 is 0.636 bits per heavy atom. The summed E-state index contributed by atoms with van der Waals surface area (Å²) in [5, 5.41) is 2.87. The smallest absolute Gasteiger partial charge is 0.374 e. The first-order chi connectivity index (χ1) is 25.8. The summed E-state index contributed by atoms with van der Waals surface area (Å²) in [6.07, 6.45) is 9.00. The molecule has 0 aliphatic heterocycles. The molecule has 288 valence electrons. The zero-order valence-electron chi connectivity index (χ0n) is 34.3. The Morgan fingerprint density at radius 3 is 1.60 bits per heavy atom. The number of carbonyl (C=O) groups excluding carboxylic acids is 2. The molecule has 0 fully saturated rings. The van der Waals surface area contributed by atoms with Crippen LogP contribution in [0.3, 0.4) is 0 Å². The van der Waals surface area contributed by atoms with Crippen LogP contribution in [0.1, 0.15) is 164 Å². The summed E-state index contributed by atoms with van der Waals surface area (Å²) in [4.78, 5) is 30.5. The van der Waals surface area contributed by atoms with Crippen molar-refractivity contribution >= 4 is 17.6 Å². The van der Waals surface area contributed by atoms with Crippen LogP contribution in [0.25, 0.3) is 0 Å². The molecule has 2 aliphatic carbocycles. The van der Waals surface area contributed by atoms with E-state index in [4.69, 9.17) is 13.6 Å². The molecule has 3 heterocycles. The van der Waals surface area contributed by atoms with E-state index in [0.29, 0.717) is 29.9 Å². The van der Waals surface area contributed by atoms with Gasteiger partial charge >= 0.3 is 5.97 Å². The molecule has 0 saturated carbocycles. The molecule has 55 heavy (non-hydrogen) atoms. The van der Waals surface area contributed by atoms with Crippen molar-refractivity contribution in [2.24, 2.45) is 0 Å². The highest BCUT2D eigenvalue weighted by atomic mass is 16.5. The lowest BCUT2D eigenvalue weighted by Crippen LogP contribution is -2.34. The standard InChI is InChI=1S/C48H56N2O5/c1-29-19-37-39(47(7,8)17-15-45(37,3)4)24-32(29)22-35-11-13-41(54-35)43(51)50-34-21-31(26-49-27-34)28-53-44(52)42-14-12-36(55-42)23-33-25-40-38(20-30(33)2)46(5,6)16-18-48(40,9)10/h11-14,19-21,24-27H,15-18,22-23,28H2,1-10H3,(H,50,51). The van der Waals surface area contributed by atoms with Gasteiger partial charge in [0.1, 0.15) is 18.1 Å². The Morgan fingerprint density at radius 2 is 1.09 bits per heavy atom. The first-order valence-electron chi connectivity index (χ1n) is 19.7. The molecule has 7 nitrogen and oxygen atoms in total. The van der Waals surface area contributed by atoms with Gasteiger partial charge in [-0.05, 0) is 136 Å². The van der Waals surface area contributed by atoms with Gasteiger partial charge in [-0.2, -0.15) is 0 Å². The van der Waals surface area contributed by atoms with E-state index in [9.17, 15) is 9.59 Å². The Balaban J connectivity index is 0.959. The summed E-state index contributed by atoms with van der Waals surface area (Å²) >= 11 is 0. The number of hydrogen-bond acceptors (Lipinski definition) is 6. The van der Waals surface area contributed by atoms with E-state index in [1.807, 2.05) is 12.1 Å². The van der Waals surface area contributed by atoms with Crippen LogP contribution in [-0.2, 0) is 45.8 Å². The van der Waals surface area contributed by atoms with E-state index in [1.54, 1.807) is 30.6 Å². The van der Waals surface area contributed by atoms with Gasteiger partial charge in [0.15, 0.2) is 5.76 Å². The molecule has 5 aromatic rings. The summed E-state index contributed by atoms with van der Waals surface area (Å²) in [5.74, 6) is 0.867. The van der Waals surface area contributed by atoms with Gasteiger partial charge in [-0.15, -0.1) is 0 Å². The highest BCUT2D eigenvalue weighted by Gasteiger charge is 2.39. The SMILES string of the molecule is Cc1cc2c(cc1Cc1ccc(C(=O)Nc3cncc(COC(=O)c4ccc(Cc5cc6c(cc5C)C(C)(C)CCC6(C)C)o4)c3)o1)C(C)(C)CCC2(C)C. The predicted octanol–water partition coefficient (Wildman–Crippen LogP) is 11.4. The van der Waals surface area contributed by atoms with E-state index in [-0.39, 0.29) is 45.7 Å². The molecule has 1 N–H and O–H groups in total. The molecular formula is C48H56N2O5. The van der Waals surface area contributed by atoms with E-state index in [2.05, 4.69) is 104 Å². The lowest BCUT2D eigenvalue weighted by Gasteiger charge is -2.42. The molecule has 0 atom stereocenters. The fourth-order valence-electron chi connectivity index (χ4n) is 8.52. The average molecular weight is 741 g/mol. The number of fused-ring (bicyclic) bond motifs is 2. The Labute approximate surface area is 326 Å². The van der Waals surface area contributed by atoms with Gasteiger partial charge in [-0.3, -0.25) is 9.78 Å². The number of carbonyl (C=O) groups is 2. The van der Waals surface area contributed by atoms with Crippen LogP contribution in [0, 0.1) is 13.8 Å². The van der Waals surface area contributed by atoms with Crippen molar-refractivity contribution < 1.29 is 23.2 Å². The highest BCUT2D eigenvalue weighted by Crippen LogP contribution is 2.48. The van der Waals surface area contributed by atoms with E-state index >= 15 is 0 Å².